The molecule has 1 unspecified atom stereocenters. The Morgan fingerprint density at radius 1 is 1.10 bits per heavy atom. The molecule has 1 atom stereocenters. The van der Waals surface area contributed by atoms with Gasteiger partial charge in [0.2, 0.25) is 16.0 Å². The summed E-state index contributed by atoms with van der Waals surface area (Å²) in [5, 5.41) is 5.16. The second-order valence-electron chi connectivity index (χ2n) is 9.56. The molecular weight excluding hydrogens is 534 g/mol. The molecule has 15 heteroatoms. The van der Waals surface area contributed by atoms with Gasteiger partial charge in [-0.2, -0.15) is 19.4 Å². The Kier molecular flexibility index (Phi) is 6.59. The molecule has 0 amide bonds. The number of alkyl halides is 2. The van der Waals surface area contributed by atoms with Crippen LogP contribution in [0.4, 0.5) is 14.6 Å². The largest absolute Gasteiger partial charge is 0.494 e. The number of fused-ring (bicyclic) bond motifs is 2. The lowest BCUT2D eigenvalue weighted by Crippen LogP contribution is -2.41. The molecule has 2 saturated heterocycles. The highest BCUT2D eigenvalue weighted by atomic mass is 32.2. The minimum atomic E-state index is -3.53. The molecule has 1 aromatic carbocycles. The van der Waals surface area contributed by atoms with Gasteiger partial charge in [0.1, 0.15) is 23.2 Å². The maximum Gasteiger partial charge on any atom is 0.296 e. The Hall–Kier alpha value is -3.43. The van der Waals surface area contributed by atoms with Crippen molar-refractivity contribution in [3.05, 3.63) is 30.2 Å². The highest BCUT2D eigenvalue weighted by Gasteiger charge is 2.34. The van der Waals surface area contributed by atoms with Gasteiger partial charge < -0.3 is 14.4 Å². The van der Waals surface area contributed by atoms with Crippen LogP contribution in [0.5, 0.6) is 5.75 Å². The third-order valence-corrected chi connectivity index (χ3v) is 8.43. The fourth-order valence-electron chi connectivity index (χ4n) is 5.37. The summed E-state index contributed by atoms with van der Waals surface area (Å²) in [5.74, 6) is 0.316. The number of hydrogen-bond acceptors (Lipinski definition) is 9. The quantitative estimate of drug-likeness (QED) is 0.349. The van der Waals surface area contributed by atoms with Crippen molar-refractivity contribution in [2.45, 2.75) is 31.9 Å². The third-order valence-electron chi connectivity index (χ3n) is 7.15. The fraction of sp³-hybridized carbons (Fsp3) is 0.500. The number of nitrogens with zero attached hydrogens (tertiary/aromatic N) is 8. The van der Waals surface area contributed by atoms with E-state index in [1.165, 1.54) is 22.2 Å². The first kappa shape index (κ1) is 25.8. The van der Waals surface area contributed by atoms with Crippen molar-refractivity contribution in [2.75, 3.05) is 51.1 Å². The number of ether oxygens (including phenoxy) is 2. The molecule has 2 aliphatic heterocycles. The lowest BCUT2D eigenvalue weighted by atomic mass is 10.1. The number of piperidine rings is 1. The summed E-state index contributed by atoms with van der Waals surface area (Å²) in [6.45, 7) is 2.39. The van der Waals surface area contributed by atoms with Gasteiger partial charge >= 0.3 is 0 Å². The highest BCUT2D eigenvalue weighted by Crippen LogP contribution is 2.36. The van der Waals surface area contributed by atoms with E-state index in [-0.39, 0.29) is 11.5 Å². The third kappa shape index (κ3) is 4.47. The van der Waals surface area contributed by atoms with Crippen molar-refractivity contribution in [3.8, 4) is 11.7 Å². The number of anilines is 1. The van der Waals surface area contributed by atoms with E-state index in [0.29, 0.717) is 67.4 Å². The maximum atomic E-state index is 14.4. The first-order valence-corrected chi connectivity index (χ1v) is 14.5. The SMILES string of the molecule is COc1cccc2c1nc(C(F)F)n2-c1nc(N2CCOCC2)c2cnn(C3CCCCN3S(C)(=O)=O)c2n1. The number of imidazole rings is 1. The Balaban J connectivity index is 1.62. The van der Waals surface area contributed by atoms with Crippen LogP contribution in [-0.2, 0) is 14.8 Å². The number of methoxy groups -OCH3 is 1. The molecule has 0 radical (unpaired) electrons. The number of rotatable bonds is 6. The zero-order valence-electron chi connectivity index (χ0n) is 21.5. The van der Waals surface area contributed by atoms with Crippen molar-refractivity contribution in [2.24, 2.45) is 0 Å². The van der Waals surface area contributed by atoms with Gasteiger partial charge in [0, 0.05) is 19.6 Å². The normalized spacial score (nSPS) is 19.4. The van der Waals surface area contributed by atoms with Crippen LogP contribution in [0, 0.1) is 0 Å². The fourth-order valence-corrected chi connectivity index (χ4v) is 6.46. The number of para-hydroxylation sites is 1. The van der Waals surface area contributed by atoms with Crippen molar-refractivity contribution in [3.63, 3.8) is 0 Å². The molecular formula is C24H28F2N8O4S. The van der Waals surface area contributed by atoms with E-state index in [0.717, 1.165) is 12.8 Å². The van der Waals surface area contributed by atoms with E-state index in [4.69, 9.17) is 19.4 Å². The van der Waals surface area contributed by atoms with E-state index in [2.05, 4.69) is 10.1 Å². The molecule has 0 spiro atoms. The van der Waals surface area contributed by atoms with Crippen LogP contribution in [0.25, 0.3) is 28.0 Å². The second kappa shape index (κ2) is 9.95. The number of morpholine rings is 1. The maximum absolute atomic E-state index is 14.4. The van der Waals surface area contributed by atoms with E-state index in [9.17, 15) is 17.2 Å². The van der Waals surface area contributed by atoms with Crippen LogP contribution in [0.1, 0.15) is 37.7 Å². The topological polar surface area (TPSA) is 120 Å². The van der Waals surface area contributed by atoms with Gasteiger partial charge in [-0.05, 0) is 31.4 Å². The smallest absolute Gasteiger partial charge is 0.296 e. The summed E-state index contributed by atoms with van der Waals surface area (Å²) in [6, 6.07) is 4.99. The number of sulfonamides is 1. The van der Waals surface area contributed by atoms with Crippen molar-refractivity contribution in [1.82, 2.24) is 33.6 Å². The lowest BCUT2D eigenvalue weighted by molar-refractivity contribution is 0.122. The van der Waals surface area contributed by atoms with E-state index in [1.807, 2.05) is 4.90 Å². The van der Waals surface area contributed by atoms with Crippen molar-refractivity contribution in [1.29, 1.82) is 0 Å². The Bertz CT molecular complexity index is 1630. The summed E-state index contributed by atoms with van der Waals surface area (Å²) >= 11 is 0. The summed E-state index contributed by atoms with van der Waals surface area (Å²) in [4.78, 5) is 15.7. The molecule has 4 aromatic rings. The van der Waals surface area contributed by atoms with Gasteiger partial charge in [0.05, 0.1) is 43.7 Å². The van der Waals surface area contributed by atoms with E-state index in [1.54, 1.807) is 29.1 Å². The van der Waals surface area contributed by atoms with Crippen LogP contribution >= 0.6 is 0 Å². The van der Waals surface area contributed by atoms with Gasteiger partial charge in [-0.3, -0.25) is 4.57 Å². The van der Waals surface area contributed by atoms with Crippen molar-refractivity contribution >= 4 is 37.9 Å². The molecule has 2 aliphatic rings. The van der Waals surface area contributed by atoms with Crippen molar-refractivity contribution < 1.29 is 26.7 Å². The molecule has 0 N–H and O–H groups in total. The van der Waals surface area contributed by atoms with E-state index >= 15 is 0 Å². The highest BCUT2D eigenvalue weighted by molar-refractivity contribution is 7.88. The monoisotopic (exact) mass is 562 g/mol. The summed E-state index contributed by atoms with van der Waals surface area (Å²) in [7, 11) is -2.08. The first-order valence-electron chi connectivity index (χ1n) is 12.7. The average molecular weight is 563 g/mol. The molecule has 12 nitrogen and oxygen atoms in total. The molecule has 208 valence electrons. The first-order chi connectivity index (χ1) is 18.8. The van der Waals surface area contributed by atoms with Gasteiger partial charge in [-0.1, -0.05) is 6.07 Å². The summed E-state index contributed by atoms with van der Waals surface area (Å²) in [6.07, 6.45) is 1.37. The Labute approximate surface area is 223 Å². The van der Waals surface area contributed by atoms with Gasteiger partial charge in [-0.15, -0.1) is 0 Å². The predicted molar refractivity (Wildman–Crippen MR) is 139 cm³/mol. The number of halogens is 2. The molecule has 5 heterocycles. The van der Waals surface area contributed by atoms with Crippen LogP contribution in [0.15, 0.2) is 24.4 Å². The number of benzene rings is 1. The average Bonchev–Trinajstić information content (AvgIpc) is 3.54. The van der Waals surface area contributed by atoms with Crippen LogP contribution < -0.4 is 9.64 Å². The zero-order valence-corrected chi connectivity index (χ0v) is 22.3. The Morgan fingerprint density at radius 2 is 1.90 bits per heavy atom. The molecule has 0 bridgehead atoms. The number of aromatic nitrogens is 6. The molecule has 39 heavy (non-hydrogen) atoms. The molecule has 2 fully saturated rings. The molecule has 0 aliphatic carbocycles. The zero-order chi connectivity index (χ0) is 27.3. The van der Waals surface area contributed by atoms with Crippen LogP contribution in [0.2, 0.25) is 0 Å². The molecule has 6 rings (SSSR count). The summed E-state index contributed by atoms with van der Waals surface area (Å²) < 4.78 is 69.1. The predicted octanol–water partition coefficient (Wildman–Crippen LogP) is 2.89. The minimum absolute atomic E-state index is 0.0153. The lowest BCUT2D eigenvalue weighted by Gasteiger charge is -2.34. The van der Waals surface area contributed by atoms with Gasteiger partial charge in [0.15, 0.2) is 11.5 Å². The second-order valence-corrected chi connectivity index (χ2v) is 11.5. The standard InChI is InChI=1S/C24H28F2N8O4S/c1-37-17-7-5-6-16-19(17)28-23(20(25)26)33(16)24-29-21(31-10-12-38-13-11-31)15-14-27-34(22(15)30-24)18-8-3-4-9-32(18)39(2,35)36/h5-7,14,18,20H,3-4,8-13H2,1-2H3. The summed E-state index contributed by atoms with van der Waals surface area (Å²) in [5.41, 5.74) is 0.974. The molecule has 0 saturated carbocycles. The van der Waals surface area contributed by atoms with Crippen LogP contribution in [-0.4, -0.2) is 88.2 Å². The van der Waals surface area contributed by atoms with E-state index < -0.39 is 28.4 Å². The Morgan fingerprint density at radius 3 is 2.62 bits per heavy atom. The number of hydrogen-bond donors (Lipinski definition) is 0. The van der Waals surface area contributed by atoms with Gasteiger partial charge in [0.25, 0.3) is 6.43 Å². The molecule has 3 aromatic heterocycles. The minimum Gasteiger partial charge on any atom is -0.494 e. The van der Waals surface area contributed by atoms with Crippen LogP contribution in [0.3, 0.4) is 0 Å². The van der Waals surface area contributed by atoms with Gasteiger partial charge in [-0.25, -0.2) is 26.9 Å².